The molecule has 2 N–H and O–H groups in total. The first-order valence-electron chi connectivity index (χ1n) is 6.71. The number of hydrogen-bond acceptors (Lipinski definition) is 5. The Morgan fingerprint density at radius 2 is 2.18 bits per heavy atom. The Morgan fingerprint density at radius 3 is 2.86 bits per heavy atom. The first kappa shape index (κ1) is 16.3. The van der Waals surface area contributed by atoms with Gasteiger partial charge in [-0.1, -0.05) is 29.5 Å². The summed E-state index contributed by atoms with van der Waals surface area (Å²) in [7, 11) is 1.58. The number of nitrogens with zero attached hydrogens (tertiary/aromatic N) is 3. The Balaban J connectivity index is 2.00. The molecule has 0 saturated carbocycles. The number of anilines is 1. The van der Waals surface area contributed by atoms with Crippen molar-refractivity contribution < 1.29 is 14.3 Å². The molecule has 1 heterocycles. The van der Waals surface area contributed by atoms with Crippen LogP contribution < -0.4 is 5.32 Å². The van der Waals surface area contributed by atoms with Gasteiger partial charge in [-0.25, -0.2) is 9.18 Å². The molecule has 8 heteroatoms. The Kier molecular flexibility index (Phi) is 5.40. The molecule has 1 atom stereocenters. The van der Waals surface area contributed by atoms with Gasteiger partial charge in [0.1, 0.15) is 10.8 Å². The molecule has 0 saturated heterocycles. The number of carbonyl (C=O) groups is 1. The molecule has 22 heavy (non-hydrogen) atoms. The number of aliphatic hydroxyl groups is 1. The lowest BCUT2D eigenvalue weighted by Crippen LogP contribution is -2.40. The normalized spacial score (nSPS) is 12.0. The summed E-state index contributed by atoms with van der Waals surface area (Å²) in [4.78, 5) is 13.3. The highest BCUT2D eigenvalue weighted by Crippen LogP contribution is 2.20. The van der Waals surface area contributed by atoms with Crippen LogP contribution in [0.1, 0.15) is 17.5 Å². The van der Waals surface area contributed by atoms with Gasteiger partial charge in [0.2, 0.25) is 5.13 Å². The van der Waals surface area contributed by atoms with Gasteiger partial charge in [-0.3, -0.25) is 5.32 Å². The summed E-state index contributed by atoms with van der Waals surface area (Å²) in [5.74, 6) is -0.292. The minimum absolute atomic E-state index is 0.126. The number of urea groups is 1. The molecule has 0 bridgehead atoms. The van der Waals surface area contributed by atoms with Gasteiger partial charge in [0.25, 0.3) is 0 Å². The van der Waals surface area contributed by atoms with Gasteiger partial charge in [0.15, 0.2) is 0 Å². The molecule has 1 aromatic carbocycles. The summed E-state index contributed by atoms with van der Waals surface area (Å²) in [6, 6.07) is 5.78. The van der Waals surface area contributed by atoms with Crippen LogP contribution in [-0.2, 0) is 6.42 Å². The predicted octanol–water partition coefficient (Wildman–Crippen LogP) is 2.11. The second kappa shape index (κ2) is 7.28. The smallest absolute Gasteiger partial charge is 0.323 e. The van der Waals surface area contributed by atoms with Crippen molar-refractivity contribution in [1.29, 1.82) is 0 Å². The summed E-state index contributed by atoms with van der Waals surface area (Å²) >= 11 is 1.19. The van der Waals surface area contributed by atoms with Crippen molar-refractivity contribution >= 4 is 22.5 Å². The maximum atomic E-state index is 13.6. The fraction of sp³-hybridized carbons (Fsp3) is 0.357. The average Bonchev–Trinajstić information content (AvgIpc) is 2.95. The van der Waals surface area contributed by atoms with Crippen molar-refractivity contribution in [1.82, 2.24) is 15.1 Å². The highest BCUT2D eigenvalue weighted by molar-refractivity contribution is 7.15. The maximum Gasteiger partial charge on any atom is 0.323 e. The number of likely N-dealkylation sites (N-methyl/N-ethyl adjacent to an activating group) is 1. The molecule has 6 nitrogen and oxygen atoms in total. The summed E-state index contributed by atoms with van der Waals surface area (Å²) < 4.78 is 13.6. The van der Waals surface area contributed by atoms with E-state index >= 15 is 0 Å². The van der Waals surface area contributed by atoms with E-state index in [1.165, 1.54) is 22.3 Å². The lowest BCUT2D eigenvalue weighted by molar-refractivity contribution is 0.166. The van der Waals surface area contributed by atoms with Gasteiger partial charge in [-0.2, -0.15) is 0 Å². The largest absolute Gasteiger partial charge is 0.394 e. The van der Waals surface area contributed by atoms with Crippen molar-refractivity contribution in [3.05, 3.63) is 40.7 Å². The summed E-state index contributed by atoms with van der Waals surface area (Å²) in [6.45, 7) is 1.60. The lowest BCUT2D eigenvalue weighted by Gasteiger charge is -2.22. The number of halogens is 1. The van der Waals surface area contributed by atoms with Crippen LogP contribution in [0.4, 0.5) is 14.3 Å². The monoisotopic (exact) mass is 324 g/mol. The van der Waals surface area contributed by atoms with Crippen LogP contribution in [-0.4, -0.2) is 45.9 Å². The molecule has 0 fully saturated rings. The second-order valence-corrected chi connectivity index (χ2v) is 5.90. The van der Waals surface area contributed by atoms with Gasteiger partial charge in [-0.05, 0) is 18.6 Å². The number of carbonyl (C=O) groups excluding carboxylic acids is 1. The van der Waals surface area contributed by atoms with E-state index in [0.29, 0.717) is 22.1 Å². The third-order valence-electron chi connectivity index (χ3n) is 3.23. The van der Waals surface area contributed by atoms with E-state index in [-0.39, 0.29) is 24.5 Å². The first-order valence-corrected chi connectivity index (χ1v) is 7.53. The fourth-order valence-electron chi connectivity index (χ4n) is 1.68. The SMILES string of the molecule is CC(CO)N(C)C(=O)Nc1nnc(Cc2ccccc2F)s1. The minimum Gasteiger partial charge on any atom is -0.394 e. The quantitative estimate of drug-likeness (QED) is 0.883. The zero-order chi connectivity index (χ0) is 16.1. The van der Waals surface area contributed by atoms with Gasteiger partial charge in [0.05, 0.1) is 12.6 Å². The number of benzene rings is 1. The highest BCUT2D eigenvalue weighted by Gasteiger charge is 2.17. The topological polar surface area (TPSA) is 78.4 Å². The molecular weight excluding hydrogens is 307 g/mol. The number of amides is 2. The summed E-state index contributed by atoms with van der Waals surface area (Å²) in [5, 5.41) is 20.4. The molecule has 0 aliphatic rings. The molecular formula is C14H17FN4O2S. The molecule has 2 rings (SSSR count). The van der Waals surface area contributed by atoms with Gasteiger partial charge < -0.3 is 10.0 Å². The first-order chi connectivity index (χ1) is 10.5. The van der Waals surface area contributed by atoms with Crippen molar-refractivity contribution in [3.63, 3.8) is 0 Å². The molecule has 1 aromatic heterocycles. The van der Waals surface area contributed by atoms with Crippen LogP contribution in [0.25, 0.3) is 0 Å². The van der Waals surface area contributed by atoms with Gasteiger partial charge in [0, 0.05) is 13.5 Å². The second-order valence-electron chi connectivity index (χ2n) is 4.84. The molecule has 2 amide bonds. The Labute approximate surface area is 131 Å². The van der Waals surface area contributed by atoms with E-state index in [2.05, 4.69) is 15.5 Å². The standard InChI is InChI=1S/C14H17FN4O2S/c1-9(8-20)19(2)14(21)16-13-18-17-12(22-13)7-10-5-3-4-6-11(10)15/h3-6,9,20H,7-8H2,1-2H3,(H,16,18,21). The highest BCUT2D eigenvalue weighted by atomic mass is 32.1. The maximum absolute atomic E-state index is 13.6. The number of hydrogen-bond donors (Lipinski definition) is 2. The van der Waals surface area contributed by atoms with Crippen molar-refractivity contribution in [2.45, 2.75) is 19.4 Å². The Morgan fingerprint density at radius 1 is 1.45 bits per heavy atom. The van der Waals surface area contributed by atoms with E-state index in [1.807, 2.05) is 0 Å². The Bertz CT molecular complexity index is 649. The van der Waals surface area contributed by atoms with Crippen molar-refractivity contribution in [2.75, 3.05) is 19.0 Å². The van der Waals surface area contributed by atoms with Crippen LogP contribution in [0.2, 0.25) is 0 Å². The van der Waals surface area contributed by atoms with Gasteiger partial charge >= 0.3 is 6.03 Å². The minimum atomic E-state index is -0.379. The van der Waals surface area contributed by atoms with Crippen LogP contribution in [0.3, 0.4) is 0 Å². The molecule has 0 aliphatic heterocycles. The van der Waals surface area contributed by atoms with E-state index in [0.717, 1.165) is 0 Å². The van der Waals surface area contributed by atoms with Gasteiger partial charge in [-0.15, -0.1) is 10.2 Å². The molecule has 0 spiro atoms. The molecule has 0 radical (unpaired) electrons. The molecule has 2 aromatic rings. The zero-order valence-electron chi connectivity index (χ0n) is 12.3. The van der Waals surface area contributed by atoms with Crippen molar-refractivity contribution in [3.8, 4) is 0 Å². The number of aliphatic hydroxyl groups excluding tert-OH is 1. The van der Waals surface area contributed by atoms with Crippen LogP contribution in [0, 0.1) is 5.82 Å². The van der Waals surface area contributed by atoms with Crippen LogP contribution in [0.5, 0.6) is 0 Å². The van der Waals surface area contributed by atoms with E-state index in [9.17, 15) is 9.18 Å². The molecule has 118 valence electrons. The molecule has 0 aliphatic carbocycles. The third-order valence-corrected chi connectivity index (χ3v) is 4.06. The number of aromatic nitrogens is 2. The Hall–Kier alpha value is -2.06. The summed E-state index contributed by atoms with van der Waals surface area (Å²) in [5.41, 5.74) is 0.530. The van der Waals surface area contributed by atoms with E-state index in [1.54, 1.807) is 32.2 Å². The predicted molar refractivity (Wildman–Crippen MR) is 82.4 cm³/mol. The average molecular weight is 324 g/mol. The third kappa shape index (κ3) is 3.99. The van der Waals surface area contributed by atoms with Crippen molar-refractivity contribution in [2.24, 2.45) is 0 Å². The number of nitrogens with one attached hydrogen (secondary N) is 1. The van der Waals surface area contributed by atoms with E-state index < -0.39 is 0 Å². The fourth-order valence-corrected chi connectivity index (χ4v) is 2.44. The van der Waals surface area contributed by atoms with Crippen LogP contribution >= 0.6 is 11.3 Å². The molecule has 1 unspecified atom stereocenters. The lowest BCUT2D eigenvalue weighted by atomic mass is 10.1. The van der Waals surface area contributed by atoms with Crippen LogP contribution in [0.15, 0.2) is 24.3 Å². The zero-order valence-corrected chi connectivity index (χ0v) is 13.1. The summed E-state index contributed by atoms with van der Waals surface area (Å²) in [6.07, 6.45) is 0.323. The van der Waals surface area contributed by atoms with E-state index in [4.69, 9.17) is 5.11 Å². The number of rotatable bonds is 5.